The average molecular weight is 563 g/mol. The first-order valence-electron chi connectivity index (χ1n) is 14.2. The number of ether oxygens (including phenoxy) is 3. The summed E-state index contributed by atoms with van der Waals surface area (Å²) in [5, 5.41) is 3.05. The normalized spacial score (nSPS) is 14.6. The van der Waals surface area contributed by atoms with Crippen molar-refractivity contribution in [3.8, 4) is 11.5 Å². The van der Waals surface area contributed by atoms with Gasteiger partial charge in [0, 0.05) is 38.4 Å². The van der Waals surface area contributed by atoms with Crippen molar-refractivity contribution in [3.63, 3.8) is 0 Å². The van der Waals surface area contributed by atoms with Gasteiger partial charge < -0.3 is 33.7 Å². The maximum absolute atomic E-state index is 13.8. The maximum Gasteiger partial charge on any atom is 0.322 e. The van der Waals surface area contributed by atoms with Gasteiger partial charge in [0.25, 0.3) is 0 Å². The lowest BCUT2D eigenvalue weighted by Crippen LogP contribution is -2.45. The zero-order valence-electron chi connectivity index (χ0n) is 23.5. The molecule has 1 aromatic heterocycles. The van der Waals surface area contributed by atoms with E-state index >= 15 is 0 Å². The minimum absolute atomic E-state index is 0.0610. The van der Waals surface area contributed by atoms with E-state index < -0.39 is 0 Å². The number of urea groups is 1. The number of hydrogen-bond acceptors (Lipinski definition) is 7. The fourth-order valence-corrected chi connectivity index (χ4v) is 5.05. The van der Waals surface area contributed by atoms with Crippen LogP contribution in [0, 0.1) is 0 Å². The SMILES string of the molecule is CCc1ccccc1NC(=O)N(CCCN1CCOCC1)CC(=O)N(Cc1ccc2c(c1)OCO2)Cc1ccco1. The van der Waals surface area contributed by atoms with Crippen LogP contribution in [0.2, 0.25) is 0 Å². The Morgan fingerprint density at radius 3 is 2.59 bits per heavy atom. The van der Waals surface area contributed by atoms with Crippen molar-refractivity contribution in [1.82, 2.24) is 14.7 Å². The van der Waals surface area contributed by atoms with E-state index in [2.05, 4.69) is 17.1 Å². The molecule has 5 rings (SSSR count). The lowest BCUT2D eigenvalue weighted by Gasteiger charge is -2.30. The van der Waals surface area contributed by atoms with E-state index in [0.717, 1.165) is 62.5 Å². The van der Waals surface area contributed by atoms with Gasteiger partial charge >= 0.3 is 6.03 Å². The van der Waals surface area contributed by atoms with Crippen LogP contribution in [-0.2, 0) is 29.0 Å². The highest BCUT2D eigenvalue weighted by Crippen LogP contribution is 2.33. The molecule has 3 aromatic rings. The number of carbonyl (C=O) groups is 2. The van der Waals surface area contributed by atoms with Gasteiger partial charge in [0.15, 0.2) is 11.5 Å². The predicted molar refractivity (Wildman–Crippen MR) is 154 cm³/mol. The molecule has 0 spiro atoms. The van der Waals surface area contributed by atoms with E-state index in [9.17, 15) is 9.59 Å². The molecule has 41 heavy (non-hydrogen) atoms. The first kappa shape index (κ1) is 28.5. The van der Waals surface area contributed by atoms with Gasteiger partial charge in [-0.25, -0.2) is 4.79 Å². The summed E-state index contributed by atoms with van der Waals surface area (Å²) in [5.74, 6) is 1.84. The van der Waals surface area contributed by atoms with Gasteiger partial charge in [0.05, 0.1) is 26.0 Å². The zero-order valence-corrected chi connectivity index (χ0v) is 23.5. The third-order valence-electron chi connectivity index (χ3n) is 7.35. The minimum Gasteiger partial charge on any atom is -0.467 e. The molecule has 0 aliphatic carbocycles. The van der Waals surface area contributed by atoms with Crippen molar-refractivity contribution in [3.05, 3.63) is 77.7 Å². The van der Waals surface area contributed by atoms with Crippen molar-refractivity contribution < 1.29 is 28.2 Å². The number of amides is 3. The maximum atomic E-state index is 13.8. The summed E-state index contributed by atoms with van der Waals surface area (Å²) in [7, 11) is 0. The molecule has 2 aromatic carbocycles. The van der Waals surface area contributed by atoms with Crippen LogP contribution in [-0.4, -0.2) is 79.4 Å². The number of furan rings is 1. The fraction of sp³-hybridized carbons (Fsp3) is 0.419. The third kappa shape index (κ3) is 7.80. The van der Waals surface area contributed by atoms with Crippen LogP contribution in [0.3, 0.4) is 0 Å². The number of carbonyl (C=O) groups excluding carboxylic acids is 2. The first-order valence-corrected chi connectivity index (χ1v) is 14.2. The topological polar surface area (TPSA) is 96.7 Å². The number of nitrogens with zero attached hydrogens (tertiary/aromatic N) is 3. The molecule has 0 radical (unpaired) electrons. The summed E-state index contributed by atoms with van der Waals surface area (Å²) >= 11 is 0. The molecule has 0 atom stereocenters. The molecule has 10 nitrogen and oxygen atoms in total. The van der Waals surface area contributed by atoms with Crippen LogP contribution in [0.4, 0.5) is 10.5 Å². The van der Waals surface area contributed by atoms with E-state index in [1.54, 1.807) is 22.1 Å². The molecule has 0 bridgehead atoms. The van der Waals surface area contributed by atoms with Crippen LogP contribution in [0.15, 0.2) is 65.3 Å². The molecule has 3 heterocycles. The van der Waals surface area contributed by atoms with Crippen molar-refractivity contribution in [1.29, 1.82) is 0 Å². The average Bonchev–Trinajstić information content (AvgIpc) is 3.69. The van der Waals surface area contributed by atoms with Gasteiger partial charge in [0.1, 0.15) is 12.3 Å². The number of rotatable bonds is 12. The van der Waals surface area contributed by atoms with E-state index in [4.69, 9.17) is 18.6 Å². The monoisotopic (exact) mass is 562 g/mol. The predicted octanol–water partition coefficient (Wildman–Crippen LogP) is 4.36. The fourth-order valence-electron chi connectivity index (χ4n) is 5.05. The molecule has 2 aliphatic heterocycles. The lowest BCUT2D eigenvalue weighted by atomic mass is 10.1. The van der Waals surface area contributed by atoms with Crippen LogP contribution in [0.5, 0.6) is 11.5 Å². The summed E-state index contributed by atoms with van der Waals surface area (Å²) in [6.07, 6.45) is 3.13. The van der Waals surface area contributed by atoms with E-state index in [1.165, 1.54) is 0 Å². The Morgan fingerprint density at radius 2 is 1.78 bits per heavy atom. The van der Waals surface area contributed by atoms with E-state index in [0.29, 0.717) is 30.3 Å². The first-order chi connectivity index (χ1) is 20.1. The Labute approximate surface area is 240 Å². The highest BCUT2D eigenvalue weighted by molar-refractivity contribution is 5.93. The number of benzene rings is 2. The second-order valence-corrected chi connectivity index (χ2v) is 10.2. The molecule has 0 saturated carbocycles. The van der Waals surface area contributed by atoms with Gasteiger partial charge in [-0.05, 0) is 54.3 Å². The summed E-state index contributed by atoms with van der Waals surface area (Å²) in [6.45, 7) is 7.26. The molecule has 1 saturated heterocycles. The van der Waals surface area contributed by atoms with Gasteiger partial charge in [0.2, 0.25) is 12.7 Å². The van der Waals surface area contributed by atoms with Crippen molar-refractivity contribution in [2.45, 2.75) is 32.9 Å². The van der Waals surface area contributed by atoms with E-state index in [-0.39, 0.29) is 31.8 Å². The Balaban J connectivity index is 1.31. The lowest BCUT2D eigenvalue weighted by molar-refractivity contribution is -0.133. The summed E-state index contributed by atoms with van der Waals surface area (Å²) in [5.41, 5.74) is 2.70. The van der Waals surface area contributed by atoms with Gasteiger partial charge in [-0.3, -0.25) is 9.69 Å². The smallest absolute Gasteiger partial charge is 0.322 e. The Morgan fingerprint density at radius 1 is 0.951 bits per heavy atom. The van der Waals surface area contributed by atoms with Gasteiger partial charge in [-0.1, -0.05) is 31.2 Å². The second kappa shape index (κ2) is 14.0. The summed E-state index contributed by atoms with van der Waals surface area (Å²) in [6, 6.07) is 16.8. The van der Waals surface area contributed by atoms with Crippen LogP contribution in [0.25, 0.3) is 0 Å². The Kier molecular flexibility index (Phi) is 9.77. The number of anilines is 1. The molecular formula is C31H38N4O6. The molecule has 1 fully saturated rings. The largest absolute Gasteiger partial charge is 0.467 e. The van der Waals surface area contributed by atoms with Gasteiger partial charge in [-0.15, -0.1) is 0 Å². The molecule has 3 amide bonds. The number of morpholine rings is 1. The molecule has 2 aliphatic rings. The van der Waals surface area contributed by atoms with E-state index in [1.807, 2.05) is 48.5 Å². The molecule has 10 heteroatoms. The Bertz CT molecular complexity index is 1290. The second-order valence-electron chi connectivity index (χ2n) is 10.2. The molecular weight excluding hydrogens is 524 g/mol. The number of aryl methyl sites for hydroxylation is 1. The molecule has 0 unspecified atom stereocenters. The molecule has 1 N–H and O–H groups in total. The highest BCUT2D eigenvalue weighted by atomic mass is 16.7. The van der Waals surface area contributed by atoms with Gasteiger partial charge in [-0.2, -0.15) is 0 Å². The zero-order chi connectivity index (χ0) is 28.4. The summed E-state index contributed by atoms with van der Waals surface area (Å²) < 4.78 is 22.0. The number of nitrogens with one attached hydrogen (secondary N) is 1. The molecule has 218 valence electrons. The van der Waals surface area contributed by atoms with Crippen molar-refractivity contribution in [2.24, 2.45) is 0 Å². The van der Waals surface area contributed by atoms with Crippen molar-refractivity contribution >= 4 is 17.6 Å². The van der Waals surface area contributed by atoms with Crippen molar-refractivity contribution in [2.75, 3.05) is 58.0 Å². The number of hydrogen-bond donors (Lipinski definition) is 1. The third-order valence-corrected chi connectivity index (χ3v) is 7.35. The minimum atomic E-state index is -0.290. The van der Waals surface area contributed by atoms with Crippen LogP contribution < -0.4 is 14.8 Å². The standard InChI is InChI=1S/C31H38N4O6/c1-2-25-7-3-4-9-27(25)32-31(37)34(13-6-12-33-14-17-38-18-15-33)22-30(36)35(21-26-8-5-16-39-26)20-24-10-11-28-29(19-24)41-23-40-28/h3-5,7-11,16,19H,2,6,12-15,17-18,20-23H2,1H3,(H,32,37). The number of fused-ring (bicyclic) bond motifs is 1. The summed E-state index contributed by atoms with van der Waals surface area (Å²) in [4.78, 5) is 33.1. The van der Waals surface area contributed by atoms with Crippen LogP contribution in [0.1, 0.15) is 30.2 Å². The Hall–Kier alpha value is -4.02. The van der Waals surface area contributed by atoms with Crippen LogP contribution >= 0.6 is 0 Å². The highest BCUT2D eigenvalue weighted by Gasteiger charge is 2.24. The quantitative estimate of drug-likeness (QED) is 0.351. The number of para-hydroxylation sites is 1.